The molecule has 2 nitrogen and oxygen atoms in total. The number of unbranched alkanes of at least 4 members (excludes halogenated alkanes) is 6. The molecule has 0 saturated heterocycles. The van der Waals surface area contributed by atoms with E-state index < -0.39 is 0 Å². The summed E-state index contributed by atoms with van der Waals surface area (Å²) in [5.74, 6) is 0.0257. The summed E-state index contributed by atoms with van der Waals surface area (Å²) in [7, 11) is 0. The van der Waals surface area contributed by atoms with Crippen molar-refractivity contribution >= 4 is 17.4 Å². The number of hydrogen-bond acceptors (Lipinski definition) is 2. The van der Waals surface area contributed by atoms with Gasteiger partial charge in [-0.15, -0.1) is 0 Å². The summed E-state index contributed by atoms with van der Waals surface area (Å²) in [5.41, 5.74) is 1.14. The Morgan fingerprint density at radius 3 is 2.35 bits per heavy atom. The van der Waals surface area contributed by atoms with Crippen LogP contribution in [0.15, 0.2) is 12.1 Å². The number of benzene rings is 1. The number of carbonyl (C=O) groups excluding carboxylic acids is 1. The molecule has 1 aromatic rings. The van der Waals surface area contributed by atoms with Crippen LogP contribution in [-0.2, 0) is 0 Å². The quantitative estimate of drug-likeness (QED) is 0.470. The van der Waals surface area contributed by atoms with Gasteiger partial charge in [-0.25, -0.2) is 0 Å². The molecule has 1 aromatic carbocycles. The summed E-state index contributed by atoms with van der Waals surface area (Å²) in [6.07, 6.45) is 8.74. The smallest absolute Gasteiger partial charge is 0.166 e. The predicted molar refractivity (Wildman–Crippen MR) is 84.8 cm³/mol. The lowest BCUT2D eigenvalue weighted by molar-refractivity contribution is 0.0976. The molecule has 0 atom stereocenters. The highest BCUT2D eigenvalue weighted by atomic mass is 35.5. The van der Waals surface area contributed by atoms with Gasteiger partial charge >= 0.3 is 0 Å². The second-order valence-electron chi connectivity index (χ2n) is 5.41. The third-order valence-electron chi connectivity index (χ3n) is 3.58. The summed E-state index contributed by atoms with van der Waals surface area (Å²) in [6.45, 7) is 4.02. The van der Waals surface area contributed by atoms with Crippen LogP contribution in [0.2, 0.25) is 5.02 Å². The number of carbonyl (C=O) groups is 1. The van der Waals surface area contributed by atoms with Crippen LogP contribution < -0.4 is 0 Å². The zero-order valence-corrected chi connectivity index (χ0v) is 13.3. The normalized spacial score (nSPS) is 10.8. The highest BCUT2D eigenvalue weighted by Crippen LogP contribution is 2.27. The molecule has 1 rings (SSSR count). The number of phenolic OH excluding ortho intramolecular Hbond substituents is 1. The SMILES string of the molecule is CCCCCCCCCC(=O)c1cc(Cl)c(C)cc1O. The van der Waals surface area contributed by atoms with Crippen LogP contribution in [0.5, 0.6) is 5.75 Å². The van der Waals surface area contributed by atoms with E-state index in [0.717, 1.165) is 18.4 Å². The molecule has 0 aliphatic rings. The minimum atomic E-state index is -0.0158. The lowest BCUT2D eigenvalue weighted by Crippen LogP contribution is -2.00. The van der Waals surface area contributed by atoms with E-state index in [1.54, 1.807) is 12.1 Å². The van der Waals surface area contributed by atoms with Gasteiger partial charge in [0.25, 0.3) is 0 Å². The molecular weight excluding hydrogens is 272 g/mol. The summed E-state index contributed by atoms with van der Waals surface area (Å²) in [4.78, 5) is 12.0. The average Bonchev–Trinajstić information content (AvgIpc) is 2.41. The minimum Gasteiger partial charge on any atom is -0.507 e. The van der Waals surface area contributed by atoms with Gasteiger partial charge in [0, 0.05) is 11.4 Å². The third-order valence-corrected chi connectivity index (χ3v) is 3.99. The molecule has 0 fully saturated rings. The van der Waals surface area contributed by atoms with Gasteiger partial charge < -0.3 is 5.11 Å². The highest BCUT2D eigenvalue weighted by molar-refractivity contribution is 6.31. The van der Waals surface area contributed by atoms with Crippen molar-refractivity contribution in [3.8, 4) is 5.75 Å². The number of rotatable bonds is 9. The molecule has 0 aliphatic heterocycles. The first-order valence-corrected chi connectivity index (χ1v) is 7.96. The van der Waals surface area contributed by atoms with Crippen molar-refractivity contribution in [3.63, 3.8) is 0 Å². The van der Waals surface area contributed by atoms with Gasteiger partial charge in [0.2, 0.25) is 0 Å². The van der Waals surface area contributed by atoms with Crippen molar-refractivity contribution in [3.05, 3.63) is 28.3 Å². The topological polar surface area (TPSA) is 37.3 Å². The van der Waals surface area contributed by atoms with Gasteiger partial charge in [0.15, 0.2) is 5.78 Å². The van der Waals surface area contributed by atoms with Crippen LogP contribution in [0.25, 0.3) is 0 Å². The van der Waals surface area contributed by atoms with E-state index in [9.17, 15) is 9.90 Å². The number of halogens is 1. The van der Waals surface area contributed by atoms with Crippen LogP contribution in [-0.4, -0.2) is 10.9 Å². The summed E-state index contributed by atoms with van der Waals surface area (Å²) in [5, 5.41) is 10.3. The summed E-state index contributed by atoms with van der Waals surface area (Å²) < 4.78 is 0. The lowest BCUT2D eigenvalue weighted by atomic mass is 10.0. The number of aryl methyl sites for hydroxylation is 1. The second kappa shape index (κ2) is 9.02. The number of ketones is 1. The largest absolute Gasteiger partial charge is 0.507 e. The molecular formula is C17H25ClO2. The van der Waals surface area contributed by atoms with Crippen molar-refractivity contribution in [1.29, 1.82) is 0 Å². The molecule has 0 spiro atoms. The first-order chi connectivity index (χ1) is 9.56. The second-order valence-corrected chi connectivity index (χ2v) is 5.82. The summed E-state index contributed by atoms with van der Waals surface area (Å²) in [6, 6.07) is 3.14. The van der Waals surface area contributed by atoms with Crippen molar-refractivity contribution in [2.75, 3.05) is 0 Å². The minimum absolute atomic E-state index is 0.0158. The first-order valence-electron chi connectivity index (χ1n) is 7.58. The van der Waals surface area contributed by atoms with Crippen LogP contribution in [0.3, 0.4) is 0 Å². The van der Waals surface area contributed by atoms with Crippen LogP contribution in [0.4, 0.5) is 0 Å². The molecule has 112 valence electrons. The average molecular weight is 297 g/mol. The molecule has 0 saturated carbocycles. The van der Waals surface area contributed by atoms with E-state index in [1.165, 1.54) is 32.1 Å². The van der Waals surface area contributed by atoms with E-state index in [-0.39, 0.29) is 11.5 Å². The third kappa shape index (κ3) is 5.54. The van der Waals surface area contributed by atoms with E-state index in [0.29, 0.717) is 17.0 Å². The van der Waals surface area contributed by atoms with Crippen molar-refractivity contribution < 1.29 is 9.90 Å². The maximum absolute atomic E-state index is 12.0. The zero-order chi connectivity index (χ0) is 15.0. The number of phenols is 1. The van der Waals surface area contributed by atoms with Crippen LogP contribution >= 0.6 is 11.6 Å². The van der Waals surface area contributed by atoms with Gasteiger partial charge in [0.05, 0.1) is 5.56 Å². The molecule has 0 aliphatic carbocycles. The van der Waals surface area contributed by atoms with Crippen molar-refractivity contribution in [1.82, 2.24) is 0 Å². The monoisotopic (exact) mass is 296 g/mol. The van der Waals surface area contributed by atoms with Gasteiger partial charge in [0.1, 0.15) is 5.75 Å². The molecule has 0 radical (unpaired) electrons. The van der Waals surface area contributed by atoms with Crippen molar-refractivity contribution in [2.45, 2.75) is 65.2 Å². The van der Waals surface area contributed by atoms with Crippen LogP contribution in [0.1, 0.15) is 74.2 Å². The molecule has 20 heavy (non-hydrogen) atoms. The molecule has 3 heteroatoms. The molecule has 0 bridgehead atoms. The zero-order valence-electron chi connectivity index (χ0n) is 12.5. The number of hydrogen-bond donors (Lipinski definition) is 1. The van der Waals surface area contributed by atoms with Gasteiger partial charge in [-0.1, -0.05) is 57.0 Å². The standard InChI is InChI=1S/C17H25ClO2/c1-3-4-5-6-7-8-9-10-16(19)14-12-15(18)13(2)11-17(14)20/h11-12,20H,3-10H2,1-2H3. The maximum Gasteiger partial charge on any atom is 0.166 e. The van der Waals surface area contributed by atoms with Crippen molar-refractivity contribution in [2.24, 2.45) is 0 Å². The first kappa shape index (κ1) is 17.0. The predicted octanol–water partition coefficient (Wildman–Crippen LogP) is 5.68. The molecule has 1 N–H and O–H groups in total. The van der Waals surface area contributed by atoms with Gasteiger partial charge in [-0.05, 0) is 31.0 Å². The Hall–Kier alpha value is -1.02. The fourth-order valence-electron chi connectivity index (χ4n) is 2.27. The molecule has 0 unspecified atom stereocenters. The highest BCUT2D eigenvalue weighted by Gasteiger charge is 2.12. The molecule has 0 heterocycles. The molecule has 0 amide bonds. The van der Waals surface area contributed by atoms with Gasteiger partial charge in [-0.3, -0.25) is 4.79 Å². The Bertz CT molecular complexity index is 441. The Balaban J connectivity index is 2.34. The molecule has 0 aromatic heterocycles. The van der Waals surface area contributed by atoms with E-state index in [4.69, 9.17) is 11.6 Å². The lowest BCUT2D eigenvalue weighted by Gasteiger charge is -2.07. The van der Waals surface area contributed by atoms with Crippen LogP contribution in [0, 0.1) is 6.92 Å². The Morgan fingerprint density at radius 2 is 1.70 bits per heavy atom. The number of aromatic hydroxyl groups is 1. The van der Waals surface area contributed by atoms with E-state index in [1.807, 2.05) is 6.92 Å². The number of Topliss-reactive ketones (excluding diaryl/α,β-unsaturated/α-hetero) is 1. The fourth-order valence-corrected chi connectivity index (χ4v) is 2.43. The maximum atomic E-state index is 12.0. The summed E-state index contributed by atoms with van der Waals surface area (Å²) >= 11 is 6.00. The van der Waals surface area contributed by atoms with Gasteiger partial charge in [-0.2, -0.15) is 0 Å². The fraction of sp³-hybridized carbons (Fsp3) is 0.588. The Kier molecular flexibility index (Phi) is 7.68. The Morgan fingerprint density at radius 1 is 1.10 bits per heavy atom. The Labute approximate surface area is 127 Å². The van der Waals surface area contributed by atoms with E-state index in [2.05, 4.69) is 6.92 Å². The van der Waals surface area contributed by atoms with E-state index >= 15 is 0 Å².